The lowest BCUT2D eigenvalue weighted by Gasteiger charge is -2.22. The van der Waals surface area contributed by atoms with E-state index in [0.717, 1.165) is 37.2 Å². The normalized spacial score (nSPS) is 16.7. The number of likely N-dealkylation sites (tertiary alicyclic amines) is 1. The summed E-state index contributed by atoms with van der Waals surface area (Å²) in [6.45, 7) is 7.66. The fraction of sp³-hybridized carbons (Fsp3) is 0.533. The molecule has 0 aromatic heterocycles. The molecule has 1 aliphatic heterocycles. The van der Waals surface area contributed by atoms with Gasteiger partial charge in [0.05, 0.1) is 0 Å². The average molecular weight is 247 g/mol. The van der Waals surface area contributed by atoms with Gasteiger partial charge in [-0.25, -0.2) is 0 Å². The lowest BCUT2D eigenvalue weighted by Crippen LogP contribution is -2.38. The molecule has 1 aliphatic rings. The van der Waals surface area contributed by atoms with Gasteiger partial charge in [0.25, 0.3) is 5.91 Å². The minimum absolute atomic E-state index is 0.105. The van der Waals surface area contributed by atoms with Gasteiger partial charge in [-0.05, 0) is 50.8 Å². The zero-order chi connectivity index (χ0) is 13.1. The van der Waals surface area contributed by atoms with Crippen molar-refractivity contribution in [1.29, 1.82) is 0 Å². The Morgan fingerprint density at radius 1 is 1.28 bits per heavy atom. The van der Waals surface area contributed by atoms with Gasteiger partial charge in [0.2, 0.25) is 0 Å². The van der Waals surface area contributed by atoms with Crippen LogP contribution in [0.15, 0.2) is 18.2 Å². The largest absolute Gasteiger partial charge is 0.481 e. The summed E-state index contributed by atoms with van der Waals surface area (Å²) in [5.41, 5.74) is 2.30. The minimum atomic E-state index is -0.399. The first-order valence-corrected chi connectivity index (χ1v) is 6.61. The maximum absolute atomic E-state index is 12.1. The summed E-state index contributed by atoms with van der Waals surface area (Å²) in [7, 11) is 0. The van der Waals surface area contributed by atoms with Crippen molar-refractivity contribution >= 4 is 5.91 Å². The molecular weight excluding hydrogens is 226 g/mol. The van der Waals surface area contributed by atoms with E-state index in [1.807, 2.05) is 30.9 Å². The van der Waals surface area contributed by atoms with E-state index in [4.69, 9.17) is 4.74 Å². The van der Waals surface area contributed by atoms with Gasteiger partial charge in [-0.2, -0.15) is 0 Å². The Labute approximate surface area is 109 Å². The molecule has 0 bridgehead atoms. The molecule has 0 radical (unpaired) electrons. The topological polar surface area (TPSA) is 29.5 Å². The highest BCUT2D eigenvalue weighted by atomic mass is 16.5. The molecule has 3 nitrogen and oxygen atoms in total. The number of amides is 1. The molecule has 3 heteroatoms. The van der Waals surface area contributed by atoms with Crippen LogP contribution in [0.25, 0.3) is 0 Å². The van der Waals surface area contributed by atoms with Crippen LogP contribution in [-0.4, -0.2) is 30.0 Å². The molecule has 1 saturated heterocycles. The van der Waals surface area contributed by atoms with Crippen LogP contribution in [0.5, 0.6) is 5.75 Å². The van der Waals surface area contributed by atoms with Crippen molar-refractivity contribution in [2.45, 2.75) is 39.7 Å². The SMILES string of the molecule is Cc1cccc(O[C@@H](C)C(=O)N2CCCC2)c1C. The summed E-state index contributed by atoms with van der Waals surface area (Å²) in [6, 6.07) is 5.94. The summed E-state index contributed by atoms with van der Waals surface area (Å²) >= 11 is 0. The number of hydrogen-bond acceptors (Lipinski definition) is 2. The molecule has 18 heavy (non-hydrogen) atoms. The van der Waals surface area contributed by atoms with Gasteiger partial charge in [0.15, 0.2) is 6.10 Å². The van der Waals surface area contributed by atoms with Crippen molar-refractivity contribution in [3.8, 4) is 5.75 Å². The van der Waals surface area contributed by atoms with Crippen molar-refractivity contribution in [1.82, 2.24) is 4.90 Å². The summed E-state index contributed by atoms with van der Waals surface area (Å²) in [4.78, 5) is 14.0. The molecule has 1 atom stereocenters. The molecule has 98 valence electrons. The van der Waals surface area contributed by atoms with Crippen LogP contribution in [0.1, 0.15) is 30.9 Å². The monoisotopic (exact) mass is 247 g/mol. The van der Waals surface area contributed by atoms with Crippen LogP contribution >= 0.6 is 0 Å². The van der Waals surface area contributed by atoms with Crippen molar-refractivity contribution in [3.05, 3.63) is 29.3 Å². The van der Waals surface area contributed by atoms with Gasteiger partial charge in [-0.15, -0.1) is 0 Å². The lowest BCUT2D eigenvalue weighted by atomic mass is 10.1. The maximum atomic E-state index is 12.1. The van der Waals surface area contributed by atoms with E-state index in [1.54, 1.807) is 0 Å². The van der Waals surface area contributed by atoms with E-state index in [9.17, 15) is 4.79 Å². The second kappa shape index (κ2) is 5.42. The number of carbonyl (C=O) groups is 1. The van der Waals surface area contributed by atoms with Crippen molar-refractivity contribution in [2.24, 2.45) is 0 Å². The molecule has 1 amide bonds. The van der Waals surface area contributed by atoms with Crippen LogP contribution < -0.4 is 4.74 Å². The summed E-state index contributed by atoms with van der Waals surface area (Å²) in [5, 5.41) is 0. The van der Waals surface area contributed by atoms with E-state index in [-0.39, 0.29) is 5.91 Å². The van der Waals surface area contributed by atoms with Crippen LogP contribution in [0.2, 0.25) is 0 Å². The van der Waals surface area contributed by atoms with E-state index in [1.165, 1.54) is 5.56 Å². The maximum Gasteiger partial charge on any atom is 0.263 e. The molecular formula is C15H21NO2. The number of aryl methyl sites for hydroxylation is 1. The Balaban J connectivity index is 2.04. The van der Waals surface area contributed by atoms with Crippen LogP contribution in [0.4, 0.5) is 0 Å². The number of carbonyl (C=O) groups excluding carboxylic acids is 1. The highest BCUT2D eigenvalue weighted by Gasteiger charge is 2.24. The molecule has 1 aromatic carbocycles. The predicted molar refractivity (Wildman–Crippen MR) is 71.8 cm³/mol. The second-order valence-corrected chi connectivity index (χ2v) is 4.99. The van der Waals surface area contributed by atoms with Crippen molar-refractivity contribution in [2.75, 3.05) is 13.1 Å². The Morgan fingerprint density at radius 3 is 2.61 bits per heavy atom. The van der Waals surface area contributed by atoms with Crippen molar-refractivity contribution < 1.29 is 9.53 Å². The highest BCUT2D eigenvalue weighted by Crippen LogP contribution is 2.22. The molecule has 1 heterocycles. The number of ether oxygens (including phenoxy) is 1. The van der Waals surface area contributed by atoms with Crippen LogP contribution in [0.3, 0.4) is 0 Å². The molecule has 0 unspecified atom stereocenters. The van der Waals surface area contributed by atoms with Gasteiger partial charge < -0.3 is 9.64 Å². The second-order valence-electron chi connectivity index (χ2n) is 4.99. The van der Waals surface area contributed by atoms with Gasteiger partial charge in [-0.3, -0.25) is 4.79 Å². The van der Waals surface area contributed by atoms with Crippen molar-refractivity contribution in [3.63, 3.8) is 0 Å². The third-order valence-electron chi connectivity index (χ3n) is 3.62. The van der Waals surface area contributed by atoms with E-state index in [0.29, 0.717) is 0 Å². The molecule has 1 fully saturated rings. The number of benzene rings is 1. The molecule has 2 rings (SSSR count). The smallest absolute Gasteiger partial charge is 0.263 e. The molecule has 0 saturated carbocycles. The Hall–Kier alpha value is -1.51. The zero-order valence-electron chi connectivity index (χ0n) is 11.4. The Morgan fingerprint density at radius 2 is 1.94 bits per heavy atom. The first-order valence-electron chi connectivity index (χ1n) is 6.61. The summed E-state index contributed by atoms with van der Waals surface area (Å²) < 4.78 is 5.81. The van der Waals surface area contributed by atoms with Crippen LogP contribution in [0, 0.1) is 13.8 Å². The third kappa shape index (κ3) is 2.66. The number of nitrogens with zero attached hydrogens (tertiary/aromatic N) is 1. The average Bonchev–Trinajstić information content (AvgIpc) is 2.87. The lowest BCUT2D eigenvalue weighted by molar-refractivity contribution is -0.136. The molecule has 1 aromatic rings. The third-order valence-corrected chi connectivity index (χ3v) is 3.62. The molecule has 0 N–H and O–H groups in total. The minimum Gasteiger partial charge on any atom is -0.481 e. The van der Waals surface area contributed by atoms with E-state index in [2.05, 4.69) is 13.0 Å². The first kappa shape index (κ1) is 12.9. The van der Waals surface area contributed by atoms with E-state index >= 15 is 0 Å². The van der Waals surface area contributed by atoms with Gasteiger partial charge in [-0.1, -0.05) is 12.1 Å². The van der Waals surface area contributed by atoms with Gasteiger partial charge >= 0.3 is 0 Å². The Kier molecular flexibility index (Phi) is 3.90. The molecule has 0 aliphatic carbocycles. The van der Waals surface area contributed by atoms with Crippen LogP contribution in [-0.2, 0) is 4.79 Å². The predicted octanol–water partition coefficient (Wildman–Crippen LogP) is 2.69. The fourth-order valence-corrected chi connectivity index (χ4v) is 2.29. The quantitative estimate of drug-likeness (QED) is 0.822. The highest BCUT2D eigenvalue weighted by molar-refractivity contribution is 5.81. The molecule has 0 spiro atoms. The number of hydrogen-bond donors (Lipinski definition) is 0. The zero-order valence-corrected chi connectivity index (χ0v) is 11.4. The van der Waals surface area contributed by atoms with Gasteiger partial charge in [0.1, 0.15) is 5.75 Å². The van der Waals surface area contributed by atoms with E-state index < -0.39 is 6.10 Å². The first-order chi connectivity index (χ1) is 8.59. The number of rotatable bonds is 3. The fourth-order valence-electron chi connectivity index (χ4n) is 2.29. The van der Waals surface area contributed by atoms with Gasteiger partial charge in [0, 0.05) is 13.1 Å². The Bertz CT molecular complexity index is 436. The summed E-state index contributed by atoms with van der Waals surface area (Å²) in [5.74, 6) is 0.920. The summed E-state index contributed by atoms with van der Waals surface area (Å²) in [6.07, 6.45) is 1.83. The standard InChI is InChI=1S/C15H21NO2/c1-11-7-6-8-14(12(11)2)18-13(3)15(17)16-9-4-5-10-16/h6-8,13H,4-5,9-10H2,1-3H3/t13-/m0/s1.